The zero-order valence-electron chi connectivity index (χ0n) is 14.5. The molecule has 6 heteroatoms. The molecular weight excluding hydrogens is 304 g/mol. The van der Waals surface area contributed by atoms with Gasteiger partial charge in [0.1, 0.15) is 0 Å². The smallest absolute Gasteiger partial charge is 0.255 e. The van der Waals surface area contributed by atoms with Crippen LogP contribution >= 0.6 is 0 Å². The maximum Gasteiger partial charge on any atom is 0.255 e. The summed E-state index contributed by atoms with van der Waals surface area (Å²) in [5.41, 5.74) is 1.74. The van der Waals surface area contributed by atoms with Crippen LogP contribution in [0, 0.1) is 6.92 Å². The Morgan fingerprint density at radius 3 is 2.83 bits per heavy atom. The standard InChI is InChI=1S/C18H24N4O2/c1-13(2)24-17-7-6-15(10-19-17)18(23)22-8-4-5-16(22)12-21-11-14(3)9-20-21/h6-7,9-11,13,16H,4-5,8,12H2,1-3H3/t16-/m0/s1. The lowest BCUT2D eigenvalue weighted by Gasteiger charge is -2.24. The number of aromatic nitrogens is 3. The van der Waals surface area contributed by atoms with Gasteiger partial charge >= 0.3 is 0 Å². The number of carbonyl (C=O) groups excluding carboxylic acids is 1. The molecule has 1 amide bonds. The van der Waals surface area contributed by atoms with E-state index < -0.39 is 0 Å². The molecule has 0 radical (unpaired) electrons. The van der Waals surface area contributed by atoms with Gasteiger partial charge in [-0.25, -0.2) is 4.98 Å². The number of hydrogen-bond acceptors (Lipinski definition) is 4. The topological polar surface area (TPSA) is 60.2 Å². The third kappa shape index (κ3) is 3.75. The highest BCUT2D eigenvalue weighted by atomic mass is 16.5. The van der Waals surface area contributed by atoms with E-state index in [1.807, 2.05) is 42.7 Å². The lowest BCUT2D eigenvalue weighted by Crippen LogP contribution is -2.38. The fourth-order valence-electron chi connectivity index (χ4n) is 3.06. The first-order chi connectivity index (χ1) is 11.5. The molecule has 24 heavy (non-hydrogen) atoms. The van der Waals surface area contributed by atoms with E-state index >= 15 is 0 Å². The summed E-state index contributed by atoms with van der Waals surface area (Å²) in [5, 5.41) is 4.33. The van der Waals surface area contributed by atoms with Crippen LogP contribution in [0.2, 0.25) is 0 Å². The second-order valence-corrected chi connectivity index (χ2v) is 6.59. The summed E-state index contributed by atoms with van der Waals surface area (Å²) in [6.45, 7) is 7.45. The van der Waals surface area contributed by atoms with Crippen molar-refractivity contribution in [2.24, 2.45) is 0 Å². The molecule has 2 aromatic rings. The molecule has 1 fully saturated rings. The minimum absolute atomic E-state index is 0.0324. The van der Waals surface area contributed by atoms with E-state index in [9.17, 15) is 4.79 Å². The van der Waals surface area contributed by atoms with Gasteiger partial charge in [-0.1, -0.05) is 0 Å². The number of likely N-dealkylation sites (tertiary alicyclic amines) is 1. The number of nitrogens with zero attached hydrogens (tertiary/aromatic N) is 4. The van der Waals surface area contributed by atoms with Gasteiger partial charge in [-0.2, -0.15) is 5.10 Å². The second-order valence-electron chi connectivity index (χ2n) is 6.59. The maximum atomic E-state index is 12.8. The first-order valence-electron chi connectivity index (χ1n) is 8.45. The van der Waals surface area contributed by atoms with E-state index in [4.69, 9.17) is 4.74 Å². The number of ether oxygens (including phenoxy) is 1. The number of hydrogen-bond donors (Lipinski definition) is 0. The number of carbonyl (C=O) groups is 1. The normalized spacial score (nSPS) is 17.5. The zero-order chi connectivity index (χ0) is 17.1. The molecule has 0 aromatic carbocycles. The Balaban J connectivity index is 1.68. The van der Waals surface area contributed by atoms with Gasteiger partial charge in [0.05, 0.1) is 30.5 Å². The molecule has 0 spiro atoms. The van der Waals surface area contributed by atoms with Crippen LogP contribution in [0.4, 0.5) is 0 Å². The molecule has 0 N–H and O–H groups in total. The minimum atomic E-state index is 0.0324. The molecule has 128 valence electrons. The van der Waals surface area contributed by atoms with Crippen LogP contribution in [0.15, 0.2) is 30.7 Å². The molecule has 3 rings (SSSR count). The van der Waals surface area contributed by atoms with Gasteiger partial charge in [-0.05, 0) is 45.2 Å². The van der Waals surface area contributed by atoms with E-state index in [0.29, 0.717) is 11.4 Å². The van der Waals surface area contributed by atoms with Gasteiger partial charge in [-0.3, -0.25) is 9.48 Å². The summed E-state index contributed by atoms with van der Waals surface area (Å²) >= 11 is 0. The van der Waals surface area contributed by atoms with Crippen molar-refractivity contribution in [3.63, 3.8) is 0 Å². The van der Waals surface area contributed by atoms with Gasteiger partial charge in [0.25, 0.3) is 5.91 Å². The van der Waals surface area contributed by atoms with Crippen molar-refractivity contribution >= 4 is 5.91 Å². The Morgan fingerprint density at radius 1 is 1.38 bits per heavy atom. The largest absolute Gasteiger partial charge is 0.475 e. The third-order valence-corrected chi connectivity index (χ3v) is 4.14. The highest BCUT2D eigenvalue weighted by Crippen LogP contribution is 2.22. The van der Waals surface area contributed by atoms with Gasteiger partial charge in [0.15, 0.2) is 0 Å². The van der Waals surface area contributed by atoms with Crippen molar-refractivity contribution in [1.82, 2.24) is 19.7 Å². The van der Waals surface area contributed by atoms with E-state index in [-0.39, 0.29) is 18.1 Å². The van der Waals surface area contributed by atoms with Crippen LogP contribution in [0.3, 0.4) is 0 Å². The molecule has 2 aromatic heterocycles. The molecule has 0 saturated carbocycles. The molecular formula is C18H24N4O2. The molecule has 1 aliphatic heterocycles. The molecule has 1 atom stereocenters. The molecule has 0 aliphatic carbocycles. The SMILES string of the molecule is Cc1cnn(C[C@@H]2CCCN2C(=O)c2ccc(OC(C)C)nc2)c1. The maximum absolute atomic E-state index is 12.8. The Kier molecular flexibility index (Phi) is 4.83. The van der Waals surface area contributed by atoms with Crippen LogP contribution in [-0.4, -0.2) is 44.3 Å². The predicted molar refractivity (Wildman–Crippen MR) is 91.0 cm³/mol. The molecule has 1 saturated heterocycles. The van der Waals surface area contributed by atoms with Crippen molar-refractivity contribution in [2.45, 2.75) is 52.3 Å². The van der Waals surface area contributed by atoms with Crippen LogP contribution in [0.1, 0.15) is 42.6 Å². The summed E-state index contributed by atoms with van der Waals surface area (Å²) in [7, 11) is 0. The zero-order valence-corrected chi connectivity index (χ0v) is 14.5. The quantitative estimate of drug-likeness (QED) is 0.847. The van der Waals surface area contributed by atoms with E-state index in [1.54, 1.807) is 18.3 Å². The van der Waals surface area contributed by atoms with E-state index in [2.05, 4.69) is 10.1 Å². The molecule has 3 heterocycles. The lowest BCUT2D eigenvalue weighted by molar-refractivity contribution is 0.0721. The summed E-state index contributed by atoms with van der Waals surface area (Å²) in [4.78, 5) is 19.0. The van der Waals surface area contributed by atoms with Crippen molar-refractivity contribution in [3.8, 4) is 5.88 Å². The molecule has 6 nitrogen and oxygen atoms in total. The Labute approximate surface area is 142 Å². The average Bonchev–Trinajstić information content (AvgIpc) is 3.16. The van der Waals surface area contributed by atoms with Crippen LogP contribution in [-0.2, 0) is 6.54 Å². The van der Waals surface area contributed by atoms with Gasteiger partial charge in [0, 0.05) is 25.0 Å². The van der Waals surface area contributed by atoms with Gasteiger partial charge in [0.2, 0.25) is 5.88 Å². The second kappa shape index (κ2) is 7.03. The van der Waals surface area contributed by atoms with Crippen molar-refractivity contribution in [1.29, 1.82) is 0 Å². The number of amides is 1. The van der Waals surface area contributed by atoms with Crippen molar-refractivity contribution < 1.29 is 9.53 Å². The Morgan fingerprint density at radius 2 is 2.21 bits per heavy atom. The average molecular weight is 328 g/mol. The number of pyridine rings is 1. The lowest BCUT2D eigenvalue weighted by atomic mass is 10.2. The predicted octanol–water partition coefficient (Wildman–Crippen LogP) is 2.68. The summed E-state index contributed by atoms with van der Waals surface area (Å²) < 4.78 is 7.45. The minimum Gasteiger partial charge on any atom is -0.475 e. The fourth-order valence-corrected chi connectivity index (χ4v) is 3.06. The Bertz CT molecular complexity index is 693. The van der Waals surface area contributed by atoms with Gasteiger partial charge in [-0.15, -0.1) is 0 Å². The van der Waals surface area contributed by atoms with Gasteiger partial charge < -0.3 is 9.64 Å². The highest BCUT2D eigenvalue weighted by molar-refractivity contribution is 5.94. The Hall–Kier alpha value is -2.37. The molecule has 1 aliphatic rings. The van der Waals surface area contributed by atoms with Crippen molar-refractivity contribution in [3.05, 3.63) is 41.9 Å². The number of rotatable bonds is 5. The summed E-state index contributed by atoms with van der Waals surface area (Å²) in [5.74, 6) is 0.580. The highest BCUT2D eigenvalue weighted by Gasteiger charge is 2.30. The van der Waals surface area contributed by atoms with Crippen LogP contribution < -0.4 is 4.74 Å². The summed E-state index contributed by atoms with van der Waals surface area (Å²) in [6, 6.07) is 3.73. The monoisotopic (exact) mass is 328 g/mol. The summed E-state index contributed by atoms with van der Waals surface area (Å²) in [6.07, 6.45) is 7.57. The first kappa shape index (κ1) is 16.5. The van der Waals surface area contributed by atoms with E-state index in [0.717, 1.165) is 31.5 Å². The number of aryl methyl sites for hydroxylation is 1. The fraction of sp³-hybridized carbons (Fsp3) is 0.500. The van der Waals surface area contributed by atoms with Crippen LogP contribution in [0.5, 0.6) is 5.88 Å². The van der Waals surface area contributed by atoms with E-state index in [1.165, 1.54) is 0 Å². The molecule has 0 unspecified atom stereocenters. The third-order valence-electron chi connectivity index (χ3n) is 4.14. The first-order valence-corrected chi connectivity index (χ1v) is 8.45. The van der Waals surface area contributed by atoms with Crippen LogP contribution in [0.25, 0.3) is 0 Å². The van der Waals surface area contributed by atoms with Crippen molar-refractivity contribution in [2.75, 3.05) is 6.54 Å². The molecule has 0 bridgehead atoms.